The average molecular weight is 974 g/mol. The molecule has 0 N–H and O–H groups in total. The summed E-state index contributed by atoms with van der Waals surface area (Å²) in [5, 5.41) is 7.20. The third kappa shape index (κ3) is 7.03. The Bertz CT molecular complexity index is 4700. The normalized spacial score (nSPS) is 11.7. The Kier molecular flexibility index (Phi) is 10.00. The zero-order valence-corrected chi connectivity index (χ0v) is 41.3. The number of hydrogen-bond acceptors (Lipinski definition) is 4. The van der Waals surface area contributed by atoms with E-state index in [0.717, 1.165) is 60.4 Å². The molecule has 0 aliphatic rings. The van der Waals surface area contributed by atoms with Crippen molar-refractivity contribution in [2.45, 2.75) is 0 Å². The number of thiophene rings is 1. The first-order valence-corrected chi connectivity index (χ1v) is 26.2. The van der Waals surface area contributed by atoms with Crippen molar-refractivity contribution < 1.29 is 0 Å². The molecule has 0 atom stereocenters. The second-order valence-corrected chi connectivity index (χ2v) is 20.1. The molecule has 0 radical (unpaired) electrons. The van der Waals surface area contributed by atoms with Crippen molar-refractivity contribution in [1.82, 2.24) is 24.1 Å². The lowest BCUT2D eigenvalue weighted by Gasteiger charge is -2.15. The number of para-hydroxylation sites is 3. The van der Waals surface area contributed by atoms with Crippen LogP contribution in [0.15, 0.2) is 261 Å². The third-order valence-corrected chi connectivity index (χ3v) is 16.0. The van der Waals surface area contributed by atoms with Crippen LogP contribution in [0.4, 0.5) is 0 Å². The summed E-state index contributed by atoms with van der Waals surface area (Å²) in [6, 6.07) is 93.4. The maximum atomic E-state index is 5.48. The molecule has 0 saturated carbocycles. The van der Waals surface area contributed by atoms with E-state index in [9.17, 15) is 0 Å². The van der Waals surface area contributed by atoms with Gasteiger partial charge in [0, 0.05) is 64.1 Å². The van der Waals surface area contributed by atoms with E-state index in [2.05, 4.69) is 270 Å². The lowest BCUT2D eigenvalue weighted by Crippen LogP contribution is -2.03. The molecule has 350 valence electrons. The van der Waals surface area contributed by atoms with Gasteiger partial charge in [-0.3, -0.25) is 0 Å². The van der Waals surface area contributed by atoms with Crippen LogP contribution in [-0.4, -0.2) is 24.1 Å². The highest BCUT2D eigenvalue weighted by atomic mass is 32.1. The molecule has 6 heteroatoms. The standard InChI is InChI=1S/C69H43N5S/c1-4-20-44(21-5-1)46-24-16-25-48(42-46)67-70-68(72-69(71-67)57-34-17-33-53-50-28-12-15-39-63(50)75-66(53)57)56-30-11-14-36-59(56)74-58-35-13-10-29-54(58)64-51(32-19-38-61(64)74)52-31-18-37-60-65(52)55-41-40-47(45-22-6-2-7-23-45)43-62(55)73(60)49-26-8-3-9-27-49/h1-43H. The quantitative estimate of drug-likeness (QED) is 0.152. The van der Waals surface area contributed by atoms with Crippen molar-refractivity contribution in [2.75, 3.05) is 0 Å². The van der Waals surface area contributed by atoms with Crippen molar-refractivity contribution in [3.8, 4) is 78.9 Å². The Hall–Kier alpha value is -9.75. The molecule has 0 aliphatic carbocycles. The Balaban J connectivity index is 0.960. The number of benzene rings is 11. The van der Waals surface area contributed by atoms with E-state index in [4.69, 9.17) is 15.0 Å². The maximum Gasteiger partial charge on any atom is 0.166 e. The van der Waals surface area contributed by atoms with Crippen LogP contribution >= 0.6 is 11.3 Å². The summed E-state index contributed by atoms with van der Waals surface area (Å²) in [5.41, 5.74) is 16.4. The van der Waals surface area contributed by atoms with Crippen molar-refractivity contribution in [3.63, 3.8) is 0 Å². The van der Waals surface area contributed by atoms with Crippen LogP contribution in [0.3, 0.4) is 0 Å². The molecule has 4 heterocycles. The number of aromatic nitrogens is 5. The number of fused-ring (bicyclic) bond motifs is 9. The fraction of sp³-hybridized carbons (Fsp3) is 0. The highest BCUT2D eigenvalue weighted by Gasteiger charge is 2.24. The summed E-state index contributed by atoms with van der Waals surface area (Å²) in [6.07, 6.45) is 0. The van der Waals surface area contributed by atoms with Gasteiger partial charge in [0.25, 0.3) is 0 Å². The molecule has 0 saturated heterocycles. The SMILES string of the molecule is c1ccc(-c2cccc(-c3nc(-c4ccccc4-n4c5ccccc5c5c(-c6cccc7c6c6ccc(-c8ccccc8)cc6n7-c6ccccc6)cccc54)nc(-c4cccc5c4sc4ccccc45)n3)c2)cc1. The summed E-state index contributed by atoms with van der Waals surface area (Å²) in [7, 11) is 0. The highest BCUT2D eigenvalue weighted by molar-refractivity contribution is 7.26. The second-order valence-electron chi connectivity index (χ2n) is 19.1. The van der Waals surface area contributed by atoms with Crippen molar-refractivity contribution in [3.05, 3.63) is 261 Å². The Labute approximate surface area is 436 Å². The molecule has 4 aromatic heterocycles. The molecule has 75 heavy (non-hydrogen) atoms. The van der Waals surface area contributed by atoms with Crippen LogP contribution in [0, 0.1) is 0 Å². The summed E-state index contributed by atoms with van der Waals surface area (Å²) >= 11 is 1.78. The smallest absolute Gasteiger partial charge is 0.166 e. The molecule has 11 aromatic carbocycles. The molecule has 0 fully saturated rings. The lowest BCUT2D eigenvalue weighted by atomic mass is 9.95. The minimum absolute atomic E-state index is 0.601. The van der Waals surface area contributed by atoms with Gasteiger partial charge in [-0.2, -0.15) is 0 Å². The minimum atomic E-state index is 0.601. The highest BCUT2D eigenvalue weighted by Crippen LogP contribution is 2.46. The van der Waals surface area contributed by atoms with Gasteiger partial charge >= 0.3 is 0 Å². The molecule has 0 unspecified atom stereocenters. The van der Waals surface area contributed by atoms with E-state index < -0.39 is 0 Å². The van der Waals surface area contributed by atoms with Gasteiger partial charge in [0.1, 0.15) is 0 Å². The van der Waals surface area contributed by atoms with E-state index in [1.807, 2.05) is 0 Å². The number of hydrogen-bond donors (Lipinski definition) is 0. The molecule has 0 aliphatic heterocycles. The zero-order valence-electron chi connectivity index (χ0n) is 40.5. The van der Waals surface area contributed by atoms with Crippen molar-refractivity contribution >= 4 is 75.1 Å². The first-order chi connectivity index (χ1) is 37.2. The molecule has 5 nitrogen and oxygen atoms in total. The summed E-state index contributed by atoms with van der Waals surface area (Å²) < 4.78 is 7.23. The molecule has 0 bridgehead atoms. The van der Waals surface area contributed by atoms with E-state index in [0.29, 0.717) is 17.5 Å². The first-order valence-electron chi connectivity index (χ1n) is 25.3. The van der Waals surface area contributed by atoms with Gasteiger partial charge in [-0.05, 0) is 100 Å². The largest absolute Gasteiger partial charge is 0.309 e. The Morgan fingerprint density at radius 2 is 0.773 bits per heavy atom. The van der Waals surface area contributed by atoms with Crippen molar-refractivity contribution in [2.24, 2.45) is 0 Å². The van der Waals surface area contributed by atoms with Gasteiger partial charge in [0.2, 0.25) is 0 Å². The first kappa shape index (κ1) is 42.9. The Morgan fingerprint density at radius 3 is 1.53 bits per heavy atom. The van der Waals surface area contributed by atoms with Gasteiger partial charge in [-0.1, -0.05) is 194 Å². The van der Waals surface area contributed by atoms with Crippen molar-refractivity contribution in [1.29, 1.82) is 0 Å². The minimum Gasteiger partial charge on any atom is -0.309 e. The van der Waals surface area contributed by atoms with Crippen LogP contribution in [0.5, 0.6) is 0 Å². The number of nitrogens with zero attached hydrogens (tertiary/aromatic N) is 5. The van der Waals surface area contributed by atoms with Gasteiger partial charge in [-0.25, -0.2) is 15.0 Å². The second kappa shape index (κ2) is 17.5. The molecule has 0 spiro atoms. The maximum absolute atomic E-state index is 5.48. The van der Waals surface area contributed by atoms with Gasteiger partial charge in [0.15, 0.2) is 17.5 Å². The summed E-state index contributed by atoms with van der Waals surface area (Å²) in [6.45, 7) is 0. The van der Waals surface area contributed by atoms with Crippen LogP contribution in [-0.2, 0) is 0 Å². The molecule has 0 amide bonds. The average Bonchev–Trinajstić information content (AvgIpc) is 4.18. The zero-order chi connectivity index (χ0) is 49.4. The molecule has 15 aromatic rings. The van der Waals surface area contributed by atoms with Crippen LogP contribution in [0.2, 0.25) is 0 Å². The molecule has 15 rings (SSSR count). The van der Waals surface area contributed by atoms with Crippen LogP contribution in [0.1, 0.15) is 0 Å². The van der Waals surface area contributed by atoms with Gasteiger partial charge in [0.05, 0.1) is 27.8 Å². The van der Waals surface area contributed by atoms with Crippen LogP contribution in [0.25, 0.3) is 143 Å². The monoisotopic (exact) mass is 973 g/mol. The van der Waals surface area contributed by atoms with Gasteiger partial charge < -0.3 is 9.13 Å². The predicted octanol–water partition coefficient (Wildman–Crippen LogP) is 18.4. The fourth-order valence-electron chi connectivity index (χ4n) is 11.5. The lowest BCUT2D eigenvalue weighted by molar-refractivity contribution is 1.07. The fourth-order valence-corrected chi connectivity index (χ4v) is 12.7. The van der Waals surface area contributed by atoms with E-state index in [1.54, 1.807) is 11.3 Å². The van der Waals surface area contributed by atoms with E-state index in [1.165, 1.54) is 64.8 Å². The summed E-state index contributed by atoms with van der Waals surface area (Å²) in [4.78, 5) is 16.3. The molecular formula is C69H43N5S. The predicted molar refractivity (Wildman–Crippen MR) is 314 cm³/mol. The van der Waals surface area contributed by atoms with Crippen LogP contribution < -0.4 is 0 Å². The van der Waals surface area contributed by atoms with E-state index in [-0.39, 0.29) is 0 Å². The van der Waals surface area contributed by atoms with Gasteiger partial charge in [-0.15, -0.1) is 11.3 Å². The molecular weight excluding hydrogens is 931 g/mol. The summed E-state index contributed by atoms with van der Waals surface area (Å²) in [5.74, 6) is 1.85. The topological polar surface area (TPSA) is 48.5 Å². The Morgan fingerprint density at radius 1 is 0.280 bits per heavy atom. The van der Waals surface area contributed by atoms with E-state index >= 15 is 0 Å². The third-order valence-electron chi connectivity index (χ3n) is 14.8. The number of rotatable bonds is 8.